The minimum atomic E-state index is -3.83. The molecule has 1 unspecified atom stereocenters. The lowest BCUT2D eigenvalue weighted by molar-refractivity contribution is -0.196. The number of aliphatic hydroxyl groups is 3. The van der Waals surface area contributed by atoms with Crippen LogP contribution in [0.1, 0.15) is 6.92 Å². The van der Waals surface area contributed by atoms with Crippen molar-refractivity contribution in [2.24, 2.45) is 0 Å². The monoisotopic (exact) mass is 242 g/mol. The second kappa shape index (κ2) is 3.96. The summed E-state index contributed by atoms with van der Waals surface area (Å²) < 4.78 is 31.2. The third-order valence-electron chi connectivity index (χ3n) is 2.12. The van der Waals surface area contributed by atoms with Gasteiger partial charge in [-0.25, -0.2) is 4.18 Å². The van der Waals surface area contributed by atoms with Crippen molar-refractivity contribution in [3.8, 4) is 0 Å². The fourth-order valence-corrected chi connectivity index (χ4v) is 2.21. The van der Waals surface area contributed by atoms with Gasteiger partial charge in [-0.3, -0.25) is 0 Å². The predicted molar refractivity (Wildman–Crippen MR) is 48.3 cm³/mol. The zero-order valence-electron chi connectivity index (χ0n) is 8.32. The van der Waals surface area contributed by atoms with Crippen molar-refractivity contribution in [3.63, 3.8) is 0 Å². The van der Waals surface area contributed by atoms with E-state index in [2.05, 4.69) is 4.18 Å². The van der Waals surface area contributed by atoms with Crippen LogP contribution in [0.3, 0.4) is 0 Å². The maximum Gasteiger partial charge on any atom is 0.267 e. The van der Waals surface area contributed by atoms with E-state index in [4.69, 9.17) is 9.84 Å². The lowest BCUT2D eigenvalue weighted by Gasteiger charge is -2.25. The molecule has 1 fully saturated rings. The minimum Gasteiger partial charge on any atom is -0.394 e. The molecule has 0 aromatic rings. The Kier molecular flexibility index (Phi) is 3.39. The SMILES string of the molecule is CC1(OS(C)(=O)=O)O[C@H](CO)[C@@H](O)[C@H]1O. The van der Waals surface area contributed by atoms with Gasteiger partial charge in [0.15, 0.2) is 0 Å². The maximum absolute atomic E-state index is 10.9. The molecule has 0 spiro atoms. The molecule has 0 radical (unpaired) electrons. The highest BCUT2D eigenvalue weighted by molar-refractivity contribution is 7.86. The van der Waals surface area contributed by atoms with E-state index >= 15 is 0 Å². The Morgan fingerprint density at radius 3 is 2.33 bits per heavy atom. The molecule has 1 aliphatic heterocycles. The summed E-state index contributed by atoms with van der Waals surface area (Å²) in [5, 5.41) is 27.7. The number of rotatable bonds is 3. The molecule has 4 atom stereocenters. The van der Waals surface area contributed by atoms with Gasteiger partial charge in [0.1, 0.15) is 18.3 Å². The first-order valence-corrected chi connectivity index (χ1v) is 6.06. The molecule has 90 valence electrons. The Bertz CT molecular complexity index is 326. The molecule has 0 aromatic heterocycles. The summed E-state index contributed by atoms with van der Waals surface area (Å²) in [7, 11) is -3.83. The van der Waals surface area contributed by atoms with E-state index in [1.54, 1.807) is 0 Å². The van der Waals surface area contributed by atoms with E-state index in [1.807, 2.05) is 0 Å². The van der Waals surface area contributed by atoms with Crippen LogP contribution in [-0.2, 0) is 19.0 Å². The lowest BCUT2D eigenvalue weighted by atomic mass is 10.1. The van der Waals surface area contributed by atoms with Crippen LogP contribution >= 0.6 is 0 Å². The van der Waals surface area contributed by atoms with Crippen LogP contribution in [-0.4, -0.2) is 60.7 Å². The van der Waals surface area contributed by atoms with E-state index in [0.717, 1.165) is 6.26 Å². The topological polar surface area (TPSA) is 113 Å². The van der Waals surface area contributed by atoms with Crippen molar-refractivity contribution >= 4 is 10.1 Å². The lowest BCUT2D eigenvalue weighted by Crippen LogP contribution is -2.44. The van der Waals surface area contributed by atoms with Gasteiger partial charge in [-0.1, -0.05) is 0 Å². The van der Waals surface area contributed by atoms with Crippen LogP contribution in [0, 0.1) is 0 Å². The minimum absolute atomic E-state index is 0.541. The second-order valence-electron chi connectivity index (χ2n) is 3.58. The fourth-order valence-electron chi connectivity index (χ4n) is 1.47. The summed E-state index contributed by atoms with van der Waals surface area (Å²) in [6, 6.07) is 0. The average Bonchev–Trinajstić information content (AvgIpc) is 2.27. The van der Waals surface area contributed by atoms with Crippen molar-refractivity contribution in [3.05, 3.63) is 0 Å². The molecule has 15 heavy (non-hydrogen) atoms. The quantitative estimate of drug-likeness (QED) is 0.481. The Labute approximate surface area is 87.4 Å². The molecule has 8 heteroatoms. The summed E-state index contributed by atoms with van der Waals surface area (Å²) >= 11 is 0. The zero-order chi connectivity index (χ0) is 11.9. The van der Waals surface area contributed by atoms with Gasteiger partial charge < -0.3 is 20.1 Å². The Morgan fingerprint density at radius 2 is 2.00 bits per heavy atom. The highest BCUT2D eigenvalue weighted by Gasteiger charge is 2.53. The molecule has 0 saturated carbocycles. The normalized spacial score (nSPS) is 42.1. The van der Waals surface area contributed by atoms with Crippen LogP contribution in [0.25, 0.3) is 0 Å². The van der Waals surface area contributed by atoms with Gasteiger partial charge in [0.25, 0.3) is 10.1 Å². The number of hydrogen-bond donors (Lipinski definition) is 3. The molecular formula is C7H14O7S. The molecule has 7 nitrogen and oxygen atoms in total. The molecular weight excluding hydrogens is 228 g/mol. The van der Waals surface area contributed by atoms with E-state index < -0.39 is 40.8 Å². The summed E-state index contributed by atoms with van der Waals surface area (Å²) in [5.41, 5.74) is 0. The first kappa shape index (κ1) is 12.8. The van der Waals surface area contributed by atoms with Crippen LogP contribution in [0.4, 0.5) is 0 Å². The molecule has 0 amide bonds. The average molecular weight is 242 g/mol. The predicted octanol–water partition coefficient (Wildman–Crippen LogP) is -2.21. The summed E-state index contributed by atoms with van der Waals surface area (Å²) in [4.78, 5) is 0. The molecule has 1 heterocycles. The largest absolute Gasteiger partial charge is 0.394 e. The highest BCUT2D eigenvalue weighted by atomic mass is 32.2. The Hall–Kier alpha value is -0.250. The highest BCUT2D eigenvalue weighted by Crippen LogP contribution is 2.33. The molecule has 1 rings (SSSR count). The van der Waals surface area contributed by atoms with Crippen LogP contribution in [0.5, 0.6) is 0 Å². The molecule has 3 N–H and O–H groups in total. The van der Waals surface area contributed by atoms with Crippen molar-refractivity contribution in [2.75, 3.05) is 12.9 Å². The molecule has 1 saturated heterocycles. The second-order valence-corrected chi connectivity index (χ2v) is 5.15. The molecule has 1 aliphatic rings. The summed E-state index contributed by atoms with van der Waals surface area (Å²) in [6.45, 7) is 0.637. The zero-order valence-corrected chi connectivity index (χ0v) is 9.14. The Balaban J connectivity index is 2.87. The van der Waals surface area contributed by atoms with E-state index in [-0.39, 0.29) is 0 Å². The third-order valence-corrected chi connectivity index (χ3v) is 2.76. The van der Waals surface area contributed by atoms with Gasteiger partial charge >= 0.3 is 0 Å². The smallest absolute Gasteiger partial charge is 0.267 e. The molecule has 0 aliphatic carbocycles. The summed E-state index contributed by atoms with van der Waals surface area (Å²) in [5.74, 6) is -1.86. The fraction of sp³-hybridized carbons (Fsp3) is 1.00. The van der Waals surface area contributed by atoms with Crippen molar-refractivity contribution < 1.29 is 32.7 Å². The number of ether oxygens (including phenoxy) is 1. The van der Waals surface area contributed by atoms with Crippen molar-refractivity contribution in [1.29, 1.82) is 0 Å². The third kappa shape index (κ3) is 2.65. The van der Waals surface area contributed by atoms with E-state index in [9.17, 15) is 18.6 Å². The number of hydrogen-bond acceptors (Lipinski definition) is 7. The maximum atomic E-state index is 10.9. The van der Waals surface area contributed by atoms with Gasteiger partial charge in [-0.05, 0) is 6.92 Å². The van der Waals surface area contributed by atoms with Crippen molar-refractivity contribution in [2.45, 2.75) is 31.0 Å². The summed E-state index contributed by atoms with van der Waals surface area (Å²) in [6.07, 6.45) is -3.19. The standard InChI is InChI=1S/C7H14O7S/c1-7(14-15(2,11)12)6(10)5(9)4(3-8)13-7/h4-6,8-10H,3H2,1-2H3/t4-,5-,6-,7?/m1/s1. The van der Waals surface area contributed by atoms with Crippen LogP contribution < -0.4 is 0 Å². The van der Waals surface area contributed by atoms with Gasteiger partial charge in [-0.2, -0.15) is 8.42 Å². The first-order valence-electron chi connectivity index (χ1n) is 4.25. The molecule has 0 bridgehead atoms. The van der Waals surface area contributed by atoms with Gasteiger partial charge in [0, 0.05) is 0 Å². The van der Waals surface area contributed by atoms with Crippen LogP contribution in [0.15, 0.2) is 0 Å². The Morgan fingerprint density at radius 1 is 1.47 bits per heavy atom. The number of aliphatic hydroxyl groups excluding tert-OH is 3. The van der Waals surface area contributed by atoms with Gasteiger partial charge in [0.2, 0.25) is 5.79 Å². The molecule has 0 aromatic carbocycles. The van der Waals surface area contributed by atoms with Gasteiger partial charge in [-0.15, -0.1) is 0 Å². The van der Waals surface area contributed by atoms with E-state index in [0.29, 0.717) is 0 Å². The van der Waals surface area contributed by atoms with Crippen LogP contribution in [0.2, 0.25) is 0 Å². The van der Waals surface area contributed by atoms with Crippen molar-refractivity contribution in [1.82, 2.24) is 0 Å². The van der Waals surface area contributed by atoms with E-state index in [1.165, 1.54) is 6.92 Å². The first-order chi connectivity index (χ1) is 6.69. The van der Waals surface area contributed by atoms with Gasteiger partial charge in [0.05, 0.1) is 12.9 Å².